The predicted octanol–water partition coefficient (Wildman–Crippen LogP) is -0.209. The zero-order valence-corrected chi connectivity index (χ0v) is 6.32. The van der Waals surface area contributed by atoms with Crippen LogP contribution in [-0.4, -0.2) is 12.3 Å². The van der Waals surface area contributed by atoms with E-state index in [0.717, 1.165) is 0 Å². The average molecular weight is 163 g/mol. The maximum atomic E-state index is 10.5. The zero-order valence-electron chi connectivity index (χ0n) is 6.32. The fourth-order valence-corrected chi connectivity index (χ4v) is 0.987. The lowest BCUT2D eigenvalue weighted by Gasteiger charge is -2.06. The third-order valence-electron chi connectivity index (χ3n) is 1.54. The molecular formula is C9H7O3-. The van der Waals surface area contributed by atoms with Gasteiger partial charge in [-0.3, -0.25) is 0 Å². The van der Waals surface area contributed by atoms with E-state index in [4.69, 9.17) is 0 Å². The second-order valence-corrected chi connectivity index (χ2v) is 2.32. The Morgan fingerprint density at radius 1 is 1.42 bits per heavy atom. The highest BCUT2D eigenvalue weighted by Gasteiger charge is 2.00. The topological polar surface area (TPSA) is 57.2 Å². The number of carbonyl (C=O) groups excluding carboxylic acids is 2. The van der Waals surface area contributed by atoms with Gasteiger partial charge in [0.1, 0.15) is 6.29 Å². The number of hydrogen-bond acceptors (Lipinski definition) is 3. The Morgan fingerprint density at radius 2 is 2.08 bits per heavy atom. The van der Waals surface area contributed by atoms with Crippen LogP contribution in [0.2, 0.25) is 0 Å². The molecule has 0 spiro atoms. The van der Waals surface area contributed by atoms with Crippen LogP contribution in [0.25, 0.3) is 0 Å². The van der Waals surface area contributed by atoms with Gasteiger partial charge in [0.05, 0.1) is 5.97 Å². The summed E-state index contributed by atoms with van der Waals surface area (Å²) in [7, 11) is 0. The minimum atomic E-state index is -1.24. The lowest BCUT2D eigenvalue weighted by Crippen LogP contribution is -2.23. The Balaban J connectivity index is 3.07. The first-order valence-corrected chi connectivity index (χ1v) is 3.48. The summed E-state index contributed by atoms with van der Waals surface area (Å²) in [5, 5.41) is 10.5. The van der Waals surface area contributed by atoms with Crippen molar-refractivity contribution in [2.24, 2.45) is 0 Å². The van der Waals surface area contributed by atoms with Crippen molar-refractivity contribution in [2.75, 3.05) is 0 Å². The summed E-state index contributed by atoms with van der Waals surface area (Å²) in [6.45, 7) is 0. The number of aldehydes is 1. The van der Waals surface area contributed by atoms with Crippen molar-refractivity contribution in [3.05, 3.63) is 35.4 Å². The molecule has 3 nitrogen and oxygen atoms in total. The van der Waals surface area contributed by atoms with Crippen LogP contribution in [0.1, 0.15) is 15.9 Å². The molecule has 0 fully saturated rings. The van der Waals surface area contributed by atoms with Crippen molar-refractivity contribution in [3.63, 3.8) is 0 Å². The number of carboxylic acid groups (broad SMARTS) is 1. The molecular weight excluding hydrogens is 156 g/mol. The first-order valence-electron chi connectivity index (χ1n) is 3.48. The Hall–Kier alpha value is -1.64. The van der Waals surface area contributed by atoms with Crippen LogP contribution in [-0.2, 0) is 11.2 Å². The van der Waals surface area contributed by atoms with Gasteiger partial charge in [-0.25, -0.2) is 0 Å². The molecule has 0 aliphatic rings. The first kappa shape index (κ1) is 8.46. The van der Waals surface area contributed by atoms with Gasteiger partial charge in [-0.2, -0.15) is 0 Å². The number of aromatic carboxylic acids is 1. The Labute approximate surface area is 69.6 Å². The van der Waals surface area contributed by atoms with Crippen LogP contribution < -0.4 is 5.11 Å². The maximum absolute atomic E-state index is 10.5. The average Bonchev–Trinajstić information content (AvgIpc) is 2.05. The minimum Gasteiger partial charge on any atom is -0.545 e. The summed E-state index contributed by atoms with van der Waals surface area (Å²) in [6.07, 6.45) is 0.784. The van der Waals surface area contributed by atoms with Crippen molar-refractivity contribution < 1.29 is 14.7 Å². The predicted molar refractivity (Wildman–Crippen MR) is 40.5 cm³/mol. The van der Waals surface area contributed by atoms with Gasteiger partial charge in [-0.05, 0) is 5.56 Å². The quantitative estimate of drug-likeness (QED) is 0.579. The summed E-state index contributed by atoms with van der Waals surface area (Å²) in [6, 6.07) is 6.30. The third-order valence-corrected chi connectivity index (χ3v) is 1.54. The molecule has 12 heavy (non-hydrogen) atoms. The molecule has 0 saturated carbocycles. The standard InChI is InChI=1S/C9H8O3/c10-6-5-7-3-1-2-4-8(7)9(11)12/h1-4,6H,5H2,(H,11,12)/p-1. The molecule has 0 saturated heterocycles. The lowest BCUT2D eigenvalue weighted by atomic mass is 10.1. The van der Waals surface area contributed by atoms with Gasteiger partial charge in [0, 0.05) is 12.0 Å². The monoisotopic (exact) mass is 163 g/mol. The first-order chi connectivity index (χ1) is 5.75. The van der Waals surface area contributed by atoms with Gasteiger partial charge in [-0.1, -0.05) is 24.3 Å². The Kier molecular flexibility index (Phi) is 2.58. The van der Waals surface area contributed by atoms with Gasteiger partial charge < -0.3 is 14.7 Å². The molecule has 62 valence electrons. The normalized spacial score (nSPS) is 9.33. The minimum absolute atomic E-state index is 0.0876. The largest absolute Gasteiger partial charge is 0.545 e. The van der Waals surface area contributed by atoms with Crippen molar-refractivity contribution in [1.29, 1.82) is 0 Å². The van der Waals surface area contributed by atoms with E-state index in [2.05, 4.69) is 0 Å². The number of carbonyl (C=O) groups is 2. The van der Waals surface area contributed by atoms with Crippen molar-refractivity contribution in [3.8, 4) is 0 Å². The zero-order chi connectivity index (χ0) is 8.97. The van der Waals surface area contributed by atoms with Crippen LogP contribution in [0.3, 0.4) is 0 Å². The van der Waals surface area contributed by atoms with E-state index < -0.39 is 5.97 Å². The molecule has 0 N–H and O–H groups in total. The summed E-state index contributed by atoms with van der Waals surface area (Å²) in [5.41, 5.74) is 0.581. The van der Waals surface area contributed by atoms with Gasteiger partial charge in [0.25, 0.3) is 0 Å². The molecule has 0 heterocycles. The van der Waals surface area contributed by atoms with Crippen molar-refractivity contribution >= 4 is 12.3 Å². The summed E-state index contributed by atoms with van der Waals surface area (Å²) < 4.78 is 0. The van der Waals surface area contributed by atoms with E-state index in [1.54, 1.807) is 18.2 Å². The number of benzene rings is 1. The summed E-state index contributed by atoms with van der Waals surface area (Å²) in [4.78, 5) is 20.6. The second kappa shape index (κ2) is 3.67. The van der Waals surface area contributed by atoms with Gasteiger partial charge in [0.2, 0.25) is 0 Å². The van der Waals surface area contributed by atoms with Crippen LogP contribution in [0.5, 0.6) is 0 Å². The van der Waals surface area contributed by atoms with Crippen LogP contribution >= 0.6 is 0 Å². The molecule has 0 atom stereocenters. The molecule has 0 bridgehead atoms. The van der Waals surface area contributed by atoms with E-state index in [1.165, 1.54) is 6.07 Å². The van der Waals surface area contributed by atoms with Crippen LogP contribution in [0.4, 0.5) is 0 Å². The highest BCUT2D eigenvalue weighted by molar-refractivity contribution is 5.88. The number of hydrogen-bond donors (Lipinski definition) is 0. The third kappa shape index (κ3) is 1.69. The molecule has 0 aromatic heterocycles. The van der Waals surface area contributed by atoms with Crippen molar-refractivity contribution in [2.45, 2.75) is 6.42 Å². The van der Waals surface area contributed by atoms with Crippen LogP contribution in [0, 0.1) is 0 Å². The number of carboxylic acids is 1. The van der Waals surface area contributed by atoms with Crippen molar-refractivity contribution in [1.82, 2.24) is 0 Å². The van der Waals surface area contributed by atoms with Gasteiger partial charge in [0.15, 0.2) is 0 Å². The van der Waals surface area contributed by atoms with E-state index in [0.29, 0.717) is 11.8 Å². The van der Waals surface area contributed by atoms with Gasteiger partial charge in [-0.15, -0.1) is 0 Å². The van der Waals surface area contributed by atoms with Gasteiger partial charge >= 0.3 is 0 Å². The summed E-state index contributed by atoms with van der Waals surface area (Å²) >= 11 is 0. The second-order valence-electron chi connectivity index (χ2n) is 2.32. The fraction of sp³-hybridized carbons (Fsp3) is 0.111. The Bertz CT molecular complexity index is 304. The molecule has 0 unspecified atom stereocenters. The highest BCUT2D eigenvalue weighted by Crippen LogP contribution is 2.06. The van der Waals surface area contributed by atoms with E-state index in [9.17, 15) is 14.7 Å². The molecule has 0 aliphatic carbocycles. The van der Waals surface area contributed by atoms with Crippen LogP contribution in [0.15, 0.2) is 24.3 Å². The smallest absolute Gasteiger partial charge is 0.124 e. The SMILES string of the molecule is O=CCc1ccccc1C(=O)[O-]. The fourth-order valence-electron chi connectivity index (χ4n) is 0.987. The lowest BCUT2D eigenvalue weighted by molar-refractivity contribution is -0.255. The summed E-state index contributed by atoms with van der Waals surface area (Å²) in [5.74, 6) is -1.24. The molecule has 0 aliphatic heterocycles. The molecule has 1 rings (SSSR count). The molecule has 0 amide bonds. The molecule has 3 heteroatoms. The maximum Gasteiger partial charge on any atom is 0.124 e. The number of rotatable bonds is 3. The van der Waals surface area contributed by atoms with E-state index in [1.807, 2.05) is 0 Å². The van der Waals surface area contributed by atoms with E-state index in [-0.39, 0.29) is 12.0 Å². The highest BCUT2D eigenvalue weighted by atomic mass is 16.4. The Morgan fingerprint density at radius 3 is 2.67 bits per heavy atom. The molecule has 0 radical (unpaired) electrons. The molecule has 1 aromatic rings. The molecule has 1 aromatic carbocycles. The van der Waals surface area contributed by atoms with E-state index >= 15 is 0 Å².